The zero-order chi connectivity index (χ0) is 9.54. The summed E-state index contributed by atoms with van der Waals surface area (Å²) in [5, 5.41) is 12.9. The fourth-order valence-electron chi connectivity index (χ4n) is 1.89. The minimum absolute atomic E-state index is 0. The van der Waals surface area contributed by atoms with Crippen molar-refractivity contribution in [2.45, 2.75) is 0 Å². The average molecular weight is 220 g/mol. The Kier molecular flexibility index (Phi) is 2.29. The highest BCUT2D eigenvalue weighted by molar-refractivity contribution is 6.09. The van der Waals surface area contributed by atoms with Crippen molar-refractivity contribution in [3.8, 4) is 5.75 Å². The molecule has 3 aromatic rings. The Bertz CT molecular complexity index is 615. The van der Waals surface area contributed by atoms with Crippen molar-refractivity contribution in [3.63, 3.8) is 0 Å². The van der Waals surface area contributed by atoms with Crippen LogP contribution in [0.2, 0.25) is 0 Å². The second-order valence-corrected chi connectivity index (χ2v) is 3.38. The van der Waals surface area contributed by atoms with Crippen molar-refractivity contribution in [1.29, 1.82) is 0 Å². The molecule has 0 aliphatic heterocycles. The first kappa shape index (κ1) is 9.87. The maximum atomic E-state index is 9.77. The van der Waals surface area contributed by atoms with Gasteiger partial charge in [0.15, 0.2) is 0 Å². The monoisotopic (exact) mass is 219 g/mol. The van der Waals surface area contributed by atoms with Crippen LogP contribution in [0.3, 0.4) is 0 Å². The molecule has 0 bridgehead atoms. The zero-order valence-corrected chi connectivity index (χ0v) is 8.71. The van der Waals surface area contributed by atoms with Crippen LogP contribution in [0.15, 0.2) is 42.6 Å². The molecule has 0 atom stereocenters. The molecule has 0 radical (unpaired) electrons. The molecular weight excluding hydrogens is 210 g/mol. The van der Waals surface area contributed by atoms with Crippen molar-refractivity contribution < 1.29 is 5.11 Å². The van der Waals surface area contributed by atoms with E-state index in [0.717, 1.165) is 21.7 Å². The molecule has 0 fully saturated rings. The number of aromatic hydroxyl groups is 1. The fourth-order valence-corrected chi connectivity index (χ4v) is 1.89. The summed E-state index contributed by atoms with van der Waals surface area (Å²) in [6, 6.07) is 11.6. The minimum atomic E-state index is 0. The summed E-state index contributed by atoms with van der Waals surface area (Å²) in [5.74, 6) is 0.329. The van der Waals surface area contributed by atoms with E-state index in [1.165, 1.54) is 0 Å². The largest absolute Gasteiger partial charge is 0.507 e. The van der Waals surface area contributed by atoms with E-state index in [4.69, 9.17) is 0 Å². The molecule has 2 nitrogen and oxygen atoms in total. The van der Waals surface area contributed by atoms with E-state index in [-0.39, 0.29) is 12.4 Å². The van der Waals surface area contributed by atoms with Gasteiger partial charge in [0, 0.05) is 28.6 Å². The molecule has 2 N–H and O–H groups in total. The summed E-state index contributed by atoms with van der Waals surface area (Å²) in [6.07, 6.45) is 1.89. The second kappa shape index (κ2) is 3.48. The van der Waals surface area contributed by atoms with Crippen molar-refractivity contribution in [1.82, 2.24) is 4.98 Å². The molecule has 0 unspecified atom stereocenters. The predicted octanol–water partition coefficient (Wildman–Crippen LogP) is 3.45. The van der Waals surface area contributed by atoms with E-state index >= 15 is 0 Å². The van der Waals surface area contributed by atoms with E-state index < -0.39 is 0 Å². The number of aromatic nitrogens is 1. The summed E-state index contributed by atoms with van der Waals surface area (Å²) in [6.45, 7) is 0. The first-order valence-electron chi connectivity index (χ1n) is 4.54. The highest BCUT2D eigenvalue weighted by Gasteiger charge is 2.04. The Morgan fingerprint density at radius 1 is 0.933 bits per heavy atom. The van der Waals surface area contributed by atoms with E-state index in [2.05, 4.69) is 4.98 Å². The number of phenolic OH excluding ortho intramolecular Hbond substituents is 1. The Hall–Kier alpha value is -1.67. The van der Waals surface area contributed by atoms with Gasteiger partial charge in [0.2, 0.25) is 0 Å². The van der Waals surface area contributed by atoms with E-state index in [1.807, 2.05) is 36.5 Å². The molecule has 2 aromatic carbocycles. The third-order valence-electron chi connectivity index (χ3n) is 2.55. The Labute approximate surface area is 93.0 Å². The van der Waals surface area contributed by atoms with E-state index in [0.29, 0.717) is 5.75 Å². The van der Waals surface area contributed by atoms with Crippen LogP contribution in [0.1, 0.15) is 0 Å². The van der Waals surface area contributed by atoms with Gasteiger partial charge in [-0.25, -0.2) is 0 Å². The molecule has 0 saturated heterocycles. The third-order valence-corrected chi connectivity index (χ3v) is 2.55. The van der Waals surface area contributed by atoms with Gasteiger partial charge in [-0.3, -0.25) is 0 Å². The van der Waals surface area contributed by atoms with Crippen LogP contribution in [0.4, 0.5) is 0 Å². The number of halogens is 1. The number of fused-ring (bicyclic) bond motifs is 3. The number of rotatable bonds is 0. The lowest BCUT2D eigenvalue weighted by molar-refractivity contribution is 0.482. The molecule has 1 aromatic heterocycles. The molecule has 0 saturated carbocycles. The first-order valence-corrected chi connectivity index (χ1v) is 4.54. The predicted molar refractivity (Wildman–Crippen MR) is 64.7 cm³/mol. The minimum Gasteiger partial charge on any atom is -0.507 e. The molecule has 3 heteroatoms. The lowest BCUT2D eigenvalue weighted by Gasteiger charge is -2.01. The van der Waals surface area contributed by atoms with Gasteiger partial charge in [0.1, 0.15) is 5.75 Å². The Morgan fingerprint density at radius 3 is 2.47 bits per heavy atom. The van der Waals surface area contributed by atoms with Crippen LogP contribution < -0.4 is 0 Å². The lowest BCUT2D eigenvalue weighted by Crippen LogP contribution is -1.75. The molecule has 0 aliphatic rings. The number of hydrogen-bond acceptors (Lipinski definition) is 1. The van der Waals surface area contributed by atoms with Crippen molar-refractivity contribution >= 4 is 34.1 Å². The van der Waals surface area contributed by atoms with Crippen LogP contribution in [0, 0.1) is 0 Å². The zero-order valence-electron chi connectivity index (χ0n) is 7.90. The Balaban J connectivity index is 0.000000853. The standard InChI is InChI=1S/C12H9NO.ClH/c14-12-7-11-9(5-6-13-11)8-3-1-2-4-10(8)12;/h1-7,13-14H;1H. The van der Waals surface area contributed by atoms with Crippen LogP contribution in [-0.2, 0) is 0 Å². The van der Waals surface area contributed by atoms with Gasteiger partial charge in [-0.1, -0.05) is 24.3 Å². The van der Waals surface area contributed by atoms with Gasteiger partial charge in [-0.2, -0.15) is 0 Å². The highest BCUT2D eigenvalue weighted by Crippen LogP contribution is 2.31. The van der Waals surface area contributed by atoms with Gasteiger partial charge < -0.3 is 10.1 Å². The molecule has 0 aliphatic carbocycles. The number of phenols is 1. The van der Waals surface area contributed by atoms with E-state index in [9.17, 15) is 5.11 Å². The summed E-state index contributed by atoms with van der Waals surface area (Å²) in [7, 11) is 0. The maximum absolute atomic E-state index is 9.77. The van der Waals surface area contributed by atoms with Gasteiger partial charge in [-0.05, 0) is 11.5 Å². The first-order chi connectivity index (χ1) is 6.86. The van der Waals surface area contributed by atoms with Gasteiger partial charge in [0.05, 0.1) is 0 Å². The van der Waals surface area contributed by atoms with Crippen molar-refractivity contribution in [3.05, 3.63) is 42.6 Å². The van der Waals surface area contributed by atoms with Crippen molar-refractivity contribution in [2.24, 2.45) is 0 Å². The van der Waals surface area contributed by atoms with Gasteiger partial charge in [-0.15, -0.1) is 12.4 Å². The topological polar surface area (TPSA) is 36.0 Å². The summed E-state index contributed by atoms with van der Waals surface area (Å²) >= 11 is 0. The maximum Gasteiger partial charge on any atom is 0.125 e. The number of hydrogen-bond donors (Lipinski definition) is 2. The SMILES string of the molecule is Cl.Oc1cc2[nH]ccc2c2ccccc12. The normalized spacial score (nSPS) is 10.4. The van der Waals surface area contributed by atoms with Crippen molar-refractivity contribution in [2.75, 3.05) is 0 Å². The van der Waals surface area contributed by atoms with Gasteiger partial charge >= 0.3 is 0 Å². The van der Waals surface area contributed by atoms with Crippen LogP contribution in [-0.4, -0.2) is 10.1 Å². The second-order valence-electron chi connectivity index (χ2n) is 3.38. The third kappa shape index (κ3) is 1.34. The highest BCUT2D eigenvalue weighted by atomic mass is 35.5. The molecule has 76 valence electrons. The number of benzene rings is 2. The Morgan fingerprint density at radius 2 is 1.67 bits per heavy atom. The molecule has 15 heavy (non-hydrogen) atoms. The van der Waals surface area contributed by atoms with Crippen LogP contribution in [0.25, 0.3) is 21.7 Å². The number of aromatic amines is 1. The number of nitrogens with one attached hydrogen (secondary N) is 1. The van der Waals surface area contributed by atoms with Crippen LogP contribution >= 0.6 is 12.4 Å². The summed E-state index contributed by atoms with van der Waals surface area (Å²) in [4.78, 5) is 3.09. The lowest BCUT2D eigenvalue weighted by atomic mass is 10.1. The molecule has 0 spiro atoms. The molecular formula is C12H10ClNO. The average Bonchev–Trinajstić information content (AvgIpc) is 2.66. The summed E-state index contributed by atoms with van der Waals surface area (Å²) < 4.78 is 0. The quantitative estimate of drug-likeness (QED) is 0.597. The number of H-pyrrole nitrogens is 1. The van der Waals surface area contributed by atoms with E-state index in [1.54, 1.807) is 6.07 Å². The molecule has 3 rings (SSSR count). The van der Waals surface area contributed by atoms with Crippen LogP contribution in [0.5, 0.6) is 5.75 Å². The fraction of sp³-hybridized carbons (Fsp3) is 0. The molecule has 1 heterocycles. The molecule has 0 amide bonds. The van der Waals surface area contributed by atoms with Gasteiger partial charge in [0.25, 0.3) is 0 Å². The smallest absolute Gasteiger partial charge is 0.125 e. The summed E-state index contributed by atoms with van der Waals surface area (Å²) in [5.41, 5.74) is 0.973.